The maximum atomic E-state index is 11.8. The van der Waals surface area contributed by atoms with Gasteiger partial charge in [0, 0.05) is 29.3 Å². The topological polar surface area (TPSA) is 79.1 Å². The third-order valence-electron chi connectivity index (χ3n) is 3.38. The van der Waals surface area contributed by atoms with Gasteiger partial charge in [0.1, 0.15) is 5.76 Å². The number of halogens is 1. The molecule has 126 valence electrons. The highest BCUT2D eigenvalue weighted by atomic mass is 79.9. The van der Waals surface area contributed by atoms with Crippen LogP contribution in [0.5, 0.6) is 0 Å². The lowest BCUT2D eigenvalue weighted by molar-refractivity contribution is 0.120. The molecular formula is C16H17BrN4O3. The lowest BCUT2D eigenvalue weighted by atomic mass is 10.3. The van der Waals surface area contributed by atoms with Crippen molar-refractivity contribution in [3.63, 3.8) is 0 Å². The molecule has 1 saturated heterocycles. The van der Waals surface area contributed by atoms with Crippen LogP contribution in [0.4, 0.5) is 16.4 Å². The quantitative estimate of drug-likeness (QED) is 0.618. The number of nitrogens with zero attached hydrogens (tertiary/aromatic N) is 2. The molecule has 0 radical (unpaired) electrons. The standard InChI is InChI=1S/C16H17BrN4O3/c17-12-2-1-3-13(10-12)19-16(22)20-18-11-14-4-5-15(24-14)21-6-8-23-9-7-21/h1-5,10-11H,6-9H2,(H2,19,20,22)/b18-11+. The van der Waals surface area contributed by atoms with Crippen LogP contribution < -0.4 is 15.6 Å². The summed E-state index contributed by atoms with van der Waals surface area (Å²) in [5, 5.41) is 6.56. The van der Waals surface area contributed by atoms with Crippen molar-refractivity contribution in [3.8, 4) is 0 Å². The predicted octanol–water partition coefficient (Wildman–Crippen LogP) is 3.03. The first kappa shape index (κ1) is 16.5. The van der Waals surface area contributed by atoms with E-state index >= 15 is 0 Å². The number of hydrazone groups is 1. The molecule has 2 aromatic rings. The van der Waals surface area contributed by atoms with Gasteiger partial charge in [-0.05, 0) is 24.3 Å². The summed E-state index contributed by atoms with van der Waals surface area (Å²) in [6.07, 6.45) is 1.46. The first-order valence-corrected chi connectivity index (χ1v) is 8.28. The average Bonchev–Trinajstić information content (AvgIpc) is 3.04. The summed E-state index contributed by atoms with van der Waals surface area (Å²) in [6.45, 7) is 3.00. The molecule has 7 nitrogen and oxygen atoms in total. The number of rotatable bonds is 4. The van der Waals surface area contributed by atoms with Crippen LogP contribution in [0, 0.1) is 0 Å². The van der Waals surface area contributed by atoms with Crippen LogP contribution in [0.1, 0.15) is 5.76 Å². The molecule has 1 aromatic carbocycles. The first-order chi connectivity index (χ1) is 11.7. The van der Waals surface area contributed by atoms with Crippen molar-refractivity contribution in [2.45, 2.75) is 0 Å². The number of hydrogen-bond acceptors (Lipinski definition) is 5. The number of carbonyl (C=O) groups excluding carboxylic acids is 1. The minimum Gasteiger partial charge on any atom is -0.440 e. The number of hydrogen-bond donors (Lipinski definition) is 2. The second kappa shape index (κ2) is 7.98. The van der Waals surface area contributed by atoms with Gasteiger partial charge in [-0.15, -0.1) is 0 Å². The van der Waals surface area contributed by atoms with Crippen LogP contribution in [0.2, 0.25) is 0 Å². The van der Waals surface area contributed by atoms with Crippen LogP contribution in [0.25, 0.3) is 0 Å². The van der Waals surface area contributed by atoms with Gasteiger partial charge >= 0.3 is 6.03 Å². The van der Waals surface area contributed by atoms with Crippen molar-refractivity contribution in [1.82, 2.24) is 5.43 Å². The molecule has 1 aliphatic heterocycles. The molecule has 0 aliphatic carbocycles. The Hall–Kier alpha value is -2.32. The fourth-order valence-electron chi connectivity index (χ4n) is 2.25. The zero-order valence-electron chi connectivity index (χ0n) is 12.9. The van der Waals surface area contributed by atoms with Gasteiger partial charge in [0.25, 0.3) is 0 Å². The van der Waals surface area contributed by atoms with Crippen molar-refractivity contribution >= 4 is 39.7 Å². The summed E-state index contributed by atoms with van der Waals surface area (Å²) < 4.78 is 11.9. The summed E-state index contributed by atoms with van der Waals surface area (Å²) in [7, 11) is 0. The largest absolute Gasteiger partial charge is 0.440 e. The Morgan fingerprint density at radius 2 is 2.08 bits per heavy atom. The van der Waals surface area contributed by atoms with Gasteiger partial charge in [0.05, 0.1) is 19.4 Å². The van der Waals surface area contributed by atoms with Crippen LogP contribution >= 0.6 is 15.9 Å². The lowest BCUT2D eigenvalue weighted by Crippen LogP contribution is -2.35. The van der Waals surface area contributed by atoms with Crippen LogP contribution in [0.3, 0.4) is 0 Å². The highest BCUT2D eigenvalue weighted by Crippen LogP contribution is 2.18. The number of amides is 2. The minimum absolute atomic E-state index is 0.427. The molecule has 2 heterocycles. The third-order valence-corrected chi connectivity index (χ3v) is 3.87. The fraction of sp³-hybridized carbons (Fsp3) is 0.250. The third kappa shape index (κ3) is 4.59. The van der Waals surface area contributed by atoms with E-state index in [9.17, 15) is 4.79 Å². The second-order valence-corrected chi connectivity index (χ2v) is 6.03. The Morgan fingerprint density at radius 1 is 1.25 bits per heavy atom. The van der Waals surface area contributed by atoms with Crippen LogP contribution in [0.15, 0.2) is 50.4 Å². The van der Waals surface area contributed by atoms with Gasteiger partial charge in [-0.3, -0.25) is 0 Å². The molecule has 1 aromatic heterocycles. The van der Waals surface area contributed by atoms with Gasteiger partial charge < -0.3 is 19.4 Å². The summed E-state index contributed by atoms with van der Waals surface area (Å²) in [5.74, 6) is 1.34. The molecule has 0 spiro atoms. The number of carbonyl (C=O) groups is 1. The maximum absolute atomic E-state index is 11.8. The van der Waals surface area contributed by atoms with E-state index in [2.05, 4.69) is 36.7 Å². The Balaban J connectivity index is 1.50. The highest BCUT2D eigenvalue weighted by molar-refractivity contribution is 9.10. The zero-order chi connectivity index (χ0) is 16.8. The molecule has 0 unspecified atom stereocenters. The average molecular weight is 393 g/mol. The monoisotopic (exact) mass is 392 g/mol. The summed E-state index contributed by atoms with van der Waals surface area (Å²) in [6, 6.07) is 10.6. The Bertz CT molecular complexity index is 726. The summed E-state index contributed by atoms with van der Waals surface area (Å²) >= 11 is 3.34. The van der Waals surface area contributed by atoms with E-state index in [0.717, 1.165) is 23.4 Å². The van der Waals surface area contributed by atoms with Crippen LogP contribution in [-0.2, 0) is 4.74 Å². The van der Waals surface area contributed by atoms with E-state index in [1.54, 1.807) is 12.1 Å². The SMILES string of the molecule is O=C(N/N=C/c1ccc(N2CCOCC2)o1)Nc1cccc(Br)c1. The van der Waals surface area contributed by atoms with Gasteiger partial charge in [-0.25, -0.2) is 10.2 Å². The molecule has 2 amide bonds. The molecule has 8 heteroatoms. The molecular weight excluding hydrogens is 376 g/mol. The number of nitrogens with one attached hydrogen (secondary N) is 2. The molecule has 0 atom stereocenters. The van der Waals surface area contributed by atoms with Gasteiger partial charge in [0.2, 0.25) is 0 Å². The fourth-order valence-corrected chi connectivity index (χ4v) is 2.64. The van der Waals surface area contributed by atoms with Crippen molar-refractivity contribution < 1.29 is 13.9 Å². The smallest absolute Gasteiger partial charge is 0.339 e. The van der Waals surface area contributed by atoms with Crippen molar-refractivity contribution in [1.29, 1.82) is 0 Å². The lowest BCUT2D eigenvalue weighted by Gasteiger charge is -2.26. The summed E-state index contributed by atoms with van der Waals surface area (Å²) in [4.78, 5) is 13.9. The van der Waals surface area contributed by atoms with Gasteiger partial charge in [-0.1, -0.05) is 22.0 Å². The number of furan rings is 1. The van der Waals surface area contributed by atoms with Gasteiger partial charge in [-0.2, -0.15) is 5.10 Å². The number of ether oxygens (including phenoxy) is 1. The highest BCUT2D eigenvalue weighted by Gasteiger charge is 2.14. The number of anilines is 2. The number of urea groups is 1. The Labute approximate surface area is 147 Å². The van der Waals surface area contributed by atoms with Crippen LogP contribution in [-0.4, -0.2) is 38.5 Å². The van der Waals surface area contributed by atoms with E-state index in [4.69, 9.17) is 9.15 Å². The minimum atomic E-state index is -0.427. The van der Waals surface area contributed by atoms with E-state index in [1.165, 1.54) is 6.21 Å². The van der Waals surface area contributed by atoms with Crippen molar-refractivity contribution in [2.75, 3.05) is 36.5 Å². The Kier molecular flexibility index (Phi) is 5.50. The van der Waals surface area contributed by atoms with Crippen molar-refractivity contribution in [2.24, 2.45) is 5.10 Å². The summed E-state index contributed by atoms with van der Waals surface area (Å²) in [5.41, 5.74) is 3.07. The van der Waals surface area contributed by atoms with E-state index in [1.807, 2.05) is 24.3 Å². The molecule has 1 aliphatic rings. The molecule has 1 fully saturated rings. The second-order valence-electron chi connectivity index (χ2n) is 5.11. The predicted molar refractivity (Wildman–Crippen MR) is 95.6 cm³/mol. The molecule has 2 N–H and O–H groups in total. The maximum Gasteiger partial charge on any atom is 0.339 e. The Morgan fingerprint density at radius 3 is 2.88 bits per heavy atom. The number of benzene rings is 1. The number of morpholine rings is 1. The van der Waals surface area contributed by atoms with E-state index in [0.29, 0.717) is 24.7 Å². The van der Waals surface area contributed by atoms with E-state index < -0.39 is 6.03 Å². The molecule has 3 rings (SSSR count). The molecule has 0 saturated carbocycles. The molecule has 0 bridgehead atoms. The van der Waals surface area contributed by atoms with E-state index in [-0.39, 0.29) is 0 Å². The first-order valence-electron chi connectivity index (χ1n) is 7.49. The molecule has 24 heavy (non-hydrogen) atoms. The van der Waals surface area contributed by atoms with Crippen molar-refractivity contribution in [3.05, 3.63) is 46.6 Å². The van der Waals surface area contributed by atoms with Gasteiger partial charge in [0.15, 0.2) is 5.88 Å². The normalized spacial score (nSPS) is 14.8. The zero-order valence-corrected chi connectivity index (χ0v) is 14.5.